The standard InChI is InChI=1S/C12H20FNOSi/c1-9(14)12(15-16(2,3)4)10-7-5-6-8-11(10)13/h5-9,12H,14H2,1-4H3. The molecule has 1 aromatic rings. The molecule has 2 nitrogen and oxygen atoms in total. The molecule has 0 saturated carbocycles. The van der Waals surface area contributed by atoms with Crippen LogP contribution in [-0.2, 0) is 4.43 Å². The van der Waals surface area contributed by atoms with Gasteiger partial charge in [0.05, 0.1) is 6.10 Å². The molecule has 2 atom stereocenters. The quantitative estimate of drug-likeness (QED) is 0.822. The molecule has 90 valence electrons. The molecule has 0 aliphatic rings. The van der Waals surface area contributed by atoms with Crippen LogP contribution in [0.5, 0.6) is 0 Å². The van der Waals surface area contributed by atoms with Gasteiger partial charge in [0.25, 0.3) is 0 Å². The van der Waals surface area contributed by atoms with Crippen LogP contribution in [0.25, 0.3) is 0 Å². The molecule has 2 N–H and O–H groups in total. The molecule has 0 fully saturated rings. The van der Waals surface area contributed by atoms with Crippen LogP contribution in [0, 0.1) is 5.82 Å². The number of halogens is 1. The minimum absolute atomic E-state index is 0.219. The molecule has 1 aromatic carbocycles. The number of nitrogens with two attached hydrogens (primary N) is 1. The normalized spacial score (nSPS) is 15.9. The summed E-state index contributed by atoms with van der Waals surface area (Å²) in [7, 11) is -1.74. The van der Waals surface area contributed by atoms with Gasteiger partial charge in [-0.25, -0.2) is 4.39 Å². The van der Waals surface area contributed by atoms with E-state index in [9.17, 15) is 4.39 Å². The van der Waals surface area contributed by atoms with Crippen molar-refractivity contribution in [3.8, 4) is 0 Å². The van der Waals surface area contributed by atoms with E-state index in [1.54, 1.807) is 18.2 Å². The topological polar surface area (TPSA) is 35.2 Å². The first-order valence-corrected chi connectivity index (χ1v) is 8.90. The van der Waals surface area contributed by atoms with Crippen LogP contribution in [0.4, 0.5) is 4.39 Å². The van der Waals surface area contributed by atoms with Gasteiger partial charge in [-0.1, -0.05) is 18.2 Å². The average molecular weight is 241 g/mol. The maximum absolute atomic E-state index is 13.7. The van der Waals surface area contributed by atoms with Crippen molar-refractivity contribution in [3.63, 3.8) is 0 Å². The summed E-state index contributed by atoms with van der Waals surface area (Å²) in [6, 6.07) is 6.44. The van der Waals surface area contributed by atoms with E-state index in [0.29, 0.717) is 5.56 Å². The third-order valence-electron chi connectivity index (χ3n) is 2.17. The molecule has 1 rings (SSSR count). The van der Waals surface area contributed by atoms with E-state index in [0.717, 1.165) is 0 Å². The van der Waals surface area contributed by atoms with Crippen LogP contribution in [0.1, 0.15) is 18.6 Å². The lowest BCUT2D eigenvalue weighted by molar-refractivity contribution is 0.168. The van der Waals surface area contributed by atoms with Crippen molar-refractivity contribution in [2.75, 3.05) is 0 Å². The fourth-order valence-electron chi connectivity index (χ4n) is 1.54. The zero-order valence-corrected chi connectivity index (χ0v) is 11.3. The van der Waals surface area contributed by atoms with Gasteiger partial charge in [-0.2, -0.15) is 0 Å². The van der Waals surface area contributed by atoms with Crippen molar-refractivity contribution in [1.82, 2.24) is 0 Å². The molecular weight excluding hydrogens is 221 g/mol. The molecule has 0 bridgehead atoms. The molecule has 0 aromatic heterocycles. The summed E-state index contributed by atoms with van der Waals surface area (Å²) in [5, 5.41) is 0. The number of rotatable bonds is 4. The van der Waals surface area contributed by atoms with Crippen LogP contribution in [-0.4, -0.2) is 14.4 Å². The molecular formula is C12H20FNOSi. The highest BCUT2D eigenvalue weighted by Crippen LogP contribution is 2.26. The van der Waals surface area contributed by atoms with E-state index >= 15 is 0 Å². The Bertz CT molecular complexity index is 349. The number of benzene rings is 1. The highest BCUT2D eigenvalue weighted by molar-refractivity contribution is 6.69. The van der Waals surface area contributed by atoms with Gasteiger partial charge in [0.2, 0.25) is 0 Å². The van der Waals surface area contributed by atoms with Gasteiger partial charge < -0.3 is 10.2 Å². The van der Waals surface area contributed by atoms with Crippen molar-refractivity contribution in [2.45, 2.75) is 38.7 Å². The van der Waals surface area contributed by atoms with E-state index < -0.39 is 8.32 Å². The molecule has 0 saturated heterocycles. The van der Waals surface area contributed by atoms with Gasteiger partial charge in [0, 0.05) is 11.6 Å². The fourth-order valence-corrected chi connectivity index (χ4v) is 2.64. The second-order valence-corrected chi connectivity index (χ2v) is 9.49. The summed E-state index contributed by atoms with van der Waals surface area (Å²) in [6.45, 7) is 8.06. The van der Waals surface area contributed by atoms with Crippen molar-refractivity contribution in [2.24, 2.45) is 5.73 Å². The number of hydrogen-bond acceptors (Lipinski definition) is 2. The summed E-state index contributed by atoms with van der Waals surface area (Å²) in [6.07, 6.45) is -0.354. The Morgan fingerprint density at radius 2 is 1.81 bits per heavy atom. The highest BCUT2D eigenvalue weighted by Gasteiger charge is 2.26. The minimum atomic E-state index is -1.74. The molecule has 0 heterocycles. The van der Waals surface area contributed by atoms with Crippen LogP contribution in [0.2, 0.25) is 19.6 Å². The third kappa shape index (κ3) is 3.70. The van der Waals surface area contributed by atoms with Crippen LogP contribution in [0.3, 0.4) is 0 Å². The first kappa shape index (κ1) is 13.4. The van der Waals surface area contributed by atoms with Gasteiger partial charge in [0.1, 0.15) is 5.82 Å². The molecule has 0 aliphatic heterocycles. The third-order valence-corrected chi connectivity index (χ3v) is 3.13. The fraction of sp³-hybridized carbons (Fsp3) is 0.500. The predicted octanol–water partition coefficient (Wildman–Crippen LogP) is 3.07. The first-order chi connectivity index (χ1) is 7.31. The summed E-state index contributed by atoms with van der Waals surface area (Å²) < 4.78 is 19.6. The smallest absolute Gasteiger partial charge is 0.184 e. The van der Waals surface area contributed by atoms with Gasteiger partial charge in [-0.05, 0) is 32.6 Å². The van der Waals surface area contributed by atoms with Crippen LogP contribution < -0.4 is 5.73 Å². The molecule has 2 unspecified atom stereocenters. The summed E-state index contributed by atoms with van der Waals surface area (Å²) >= 11 is 0. The summed E-state index contributed by atoms with van der Waals surface area (Å²) in [5.74, 6) is -0.247. The average Bonchev–Trinajstić information content (AvgIpc) is 2.13. The van der Waals surface area contributed by atoms with Gasteiger partial charge in [-0.3, -0.25) is 0 Å². The Balaban J connectivity index is 2.99. The number of hydrogen-bond donors (Lipinski definition) is 1. The van der Waals surface area contributed by atoms with E-state index in [1.165, 1.54) is 6.07 Å². The van der Waals surface area contributed by atoms with Crippen molar-refractivity contribution in [3.05, 3.63) is 35.6 Å². The Kier molecular flexibility index (Phi) is 4.24. The molecule has 0 spiro atoms. The minimum Gasteiger partial charge on any atom is -0.409 e. The van der Waals surface area contributed by atoms with Gasteiger partial charge in [-0.15, -0.1) is 0 Å². The Morgan fingerprint density at radius 3 is 2.25 bits per heavy atom. The molecule has 0 amide bonds. The predicted molar refractivity (Wildman–Crippen MR) is 67.2 cm³/mol. The second-order valence-electron chi connectivity index (χ2n) is 5.03. The molecule has 0 radical (unpaired) electrons. The zero-order valence-electron chi connectivity index (χ0n) is 10.3. The summed E-state index contributed by atoms with van der Waals surface area (Å²) in [4.78, 5) is 0. The van der Waals surface area contributed by atoms with Crippen molar-refractivity contribution < 1.29 is 8.82 Å². The van der Waals surface area contributed by atoms with E-state index in [1.807, 2.05) is 6.92 Å². The zero-order chi connectivity index (χ0) is 12.3. The summed E-state index contributed by atoms with van der Waals surface area (Å²) in [5.41, 5.74) is 6.43. The Labute approximate surface area is 97.7 Å². The highest BCUT2D eigenvalue weighted by atomic mass is 28.4. The van der Waals surface area contributed by atoms with Gasteiger partial charge >= 0.3 is 0 Å². The van der Waals surface area contributed by atoms with Crippen molar-refractivity contribution >= 4 is 8.32 Å². The Hall–Kier alpha value is -0.713. The second kappa shape index (κ2) is 5.08. The maximum Gasteiger partial charge on any atom is 0.184 e. The van der Waals surface area contributed by atoms with Crippen LogP contribution >= 0.6 is 0 Å². The molecule has 4 heteroatoms. The van der Waals surface area contributed by atoms with E-state index in [4.69, 9.17) is 10.2 Å². The van der Waals surface area contributed by atoms with Crippen LogP contribution in [0.15, 0.2) is 24.3 Å². The first-order valence-electron chi connectivity index (χ1n) is 5.49. The van der Waals surface area contributed by atoms with E-state index in [2.05, 4.69) is 19.6 Å². The molecule has 16 heavy (non-hydrogen) atoms. The monoisotopic (exact) mass is 241 g/mol. The lowest BCUT2D eigenvalue weighted by atomic mass is 10.0. The maximum atomic E-state index is 13.7. The van der Waals surface area contributed by atoms with Crippen molar-refractivity contribution in [1.29, 1.82) is 0 Å². The van der Waals surface area contributed by atoms with E-state index in [-0.39, 0.29) is 18.0 Å². The lowest BCUT2D eigenvalue weighted by Gasteiger charge is -2.29. The lowest BCUT2D eigenvalue weighted by Crippen LogP contribution is -2.36. The largest absolute Gasteiger partial charge is 0.409 e. The SMILES string of the molecule is CC(N)C(O[Si](C)(C)C)c1ccccc1F. The molecule has 0 aliphatic carbocycles. The Morgan fingerprint density at radius 1 is 1.25 bits per heavy atom. The van der Waals surface area contributed by atoms with Gasteiger partial charge in [0.15, 0.2) is 8.32 Å².